The fraction of sp³-hybridized carbons (Fsp3) is 0.158. The van der Waals surface area contributed by atoms with E-state index >= 15 is 0 Å². The summed E-state index contributed by atoms with van der Waals surface area (Å²) in [5.41, 5.74) is 2.32. The largest absolute Gasteiger partial charge is 0.497 e. The number of rotatable bonds is 3. The van der Waals surface area contributed by atoms with Crippen LogP contribution < -0.4 is 4.74 Å². The van der Waals surface area contributed by atoms with Crippen LogP contribution >= 0.6 is 0 Å². The lowest BCUT2D eigenvalue weighted by Gasteiger charge is -2.14. The van der Waals surface area contributed by atoms with Crippen LogP contribution in [0.15, 0.2) is 60.7 Å². The molecule has 1 aromatic heterocycles. The van der Waals surface area contributed by atoms with Crippen LogP contribution in [0, 0.1) is 6.92 Å². The minimum atomic E-state index is -4.36. The Labute approximate surface area is 138 Å². The molecular formula is C19H16F3NO. The molecular weight excluding hydrogens is 315 g/mol. The summed E-state index contributed by atoms with van der Waals surface area (Å²) in [6.07, 6.45) is -4.36. The van der Waals surface area contributed by atoms with Crippen LogP contribution in [-0.2, 0) is 6.18 Å². The van der Waals surface area contributed by atoms with Crippen LogP contribution in [-0.4, -0.2) is 11.7 Å². The smallest absolute Gasteiger partial charge is 0.416 e. The van der Waals surface area contributed by atoms with Gasteiger partial charge in [0.2, 0.25) is 0 Å². The molecule has 3 rings (SSSR count). The molecule has 0 saturated heterocycles. The van der Waals surface area contributed by atoms with Crippen LogP contribution in [0.5, 0.6) is 5.75 Å². The average molecular weight is 331 g/mol. The van der Waals surface area contributed by atoms with Gasteiger partial charge in [-0.05, 0) is 48.9 Å². The molecule has 3 aromatic rings. The van der Waals surface area contributed by atoms with E-state index in [-0.39, 0.29) is 0 Å². The monoisotopic (exact) mass is 331 g/mol. The number of halogens is 3. The Morgan fingerprint density at radius 3 is 2.38 bits per heavy atom. The second-order valence-electron chi connectivity index (χ2n) is 5.48. The highest BCUT2D eigenvalue weighted by Crippen LogP contribution is 2.34. The summed E-state index contributed by atoms with van der Waals surface area (Å²) in [6.45, 7) is 1.91. The summed E-state index contributed by atoms with van der Waals surface area (Å²) in [5.74, 6) is 0.690. The molecule has 0 N–H and O–H groups in total. The van der Waals surface area contributed by atoms with E-state index in [2.05, 4.69) is 0 Å². The molecule has 0 aliphatic carbocycles. The highest BCUT2D eigenvalue weighted by molar-refractivity contribution is 5.65. The van der Waals surface area contributed by atoms with Gasteiger partial charge in [0, 0.05) is 17.4 Å². The third kappa shape index (κ3) is 3.02. The third-order valence-corrected chi connectivity index (χ3v) is 3.87. The molecule has 0 amide bonds. The van der Waals surface area contributed by atoms with E-state index in [1.165, 1.54) is 12.1 Å². The molecule has 5 heteroatoms. The van der Waals surface area contributed by atoms with Crippen LogP contribution in [0.3, 0.4) is 0 Å². The number of ether oxygens (including phenoxy) is 1. The van der Waals surface area contributed by atoms with Crippen LogP contribution in [0.2, 0.25) is 0 Å². The molecule has 0 fully saturated rings. The molecule has 1 heterocycles. The Morgan fingerprint density at radius 2 is 1.67 bits per heavy atom. The maximum absolute atomic E-state index is 13.0. The van der Waals surface area contributed by atoms with Crippen LogP contribution in [0.1, 0.15) is 11.3 Å². The Hall–Kier alpha value is -2.69. The normalized spacial score (nSPS) is 11.5. The Morgan fingerprint density at radius 1 is 0.917 bits per heavy atom. The molecule has 0 radical (unpaired) electrons. The number of aromatic nitrogens is 1. The van der Waals surface area contributed by atoms with Crippen molar-refractivity contribution < 1.29 is 17.9 Å². The topological polar surface area (TPSA) is 14.2 Å². The molecule has 0 atom stereocenters. The second-order valence-corrected chi connectivity index (χ2v) is 5.48. The maximum atomic E-state index is 13.0. The third-order valence-electron chi connectivity index (χ3n) is 3.87. The molecule has 0 saturated carbocycles. The predicted octanol–water partition coefficient (Wildman–Crippen LogP) is 5.48. The number of methoxy groups -OCH3 is 1. The number of hydrogen-bond donors (Lipinski definition) is 0. The van der Waals surface area contributed by atoms with Crippen molar-refractivity contribution in [2.75, 3.05) is 7.11 Å². The maximum Gasteiger partial charge on any atom is 0.416 e. The molecule has 0 aliphatic rings. The molecule has 24 heavy (non-hydrogen) atoms. The van der Waals surface area contributed by atoms with E-state index in [0.29, 0.717) is 17.0 Å². The SMILES string of the molecule is COc1cccc(-n2c(C)ccc2-c2cccc(C(F)(F)F)c2)c1. The Kier molecular flexibility index (Phi) is 4.09. The van der Waals surface area contributed by atoms with Crippen molar-refractivity contribution in [2.45, 2.75) is 13.1 Å². The molecule has 0 aliphatic heterocycles. The van der Waals surface area contributed by atoms with Crippen molar-refractivity contribution in [3.05, 3.63) is 71.9 Å². The number of alkyl halides is 3. The average Bonchev–Trinajstić information content (AvgIpc) is 2.96. The first kappa shape index (κ1) is 16.2. The molecule has 0 spiro atoms. The van der Waals surface area contributed by atoms with E-state index in [1.807, 2.05) is 47.9 Å². The van der Waals surface area contributed by atoms with Gasteiger partial charge in [0.05, 0.1) is 18.4 Å². The summed E-state index contributed by atoms with van der Waals surface area (Å²) in [5, 5.41) is 0. The van der Waals surface area contributed by atoms with Gasteiger partial charge in [0.15, 0.2) is 0 Å². The zero-order valence-corrected chi connectivity index (χ0v) is 13.3. The first-order valence-corrected chi connectivity index (χ1v) is 7.40. The standard InChI is InChI=1S/C19H16F3NO/c1-13-9-10-18(14-5-3-6-15(11-14)19(20,21)22)23(13)16-7-4-8-17(12-16)24-2/h3-12H,1-2H3. The predicted molar refractivity (Wildman–Crippen MR) is 87.5 cm³/mol. The highest BCUT2D eigenvalue weighted by atomic mass is 19.4. The Bertz CT molecular complexity index is 865. The number of hydrogen-bond acceptors (Lipinski definition) is 1. The van der Waals surface area contributed by atoms with E-state index in [0.717, 1.165) is 17.4 Å². The van der Waals surface area contributed by atoms with Gasteiger partial charge >= 0.3 is 6.18 Å². The first-order valence-electron chi connectivity index (χ1n) is 7.40. The van der Waals surface area contributed by atoms with E-state index in [9.17, 15) is 13.2 Å². The number of benzene rings is 2. The van der Waals surface area contributed by atoms with E-state index in [4.69, 9.17) is 4.74 Å². The molecule has 0 bridgehead atoms. The summed E-state index contributed by atoms with van der Waals surface area (Å²) in [7, 11) is 1.58. The van der Waals surface area contributed by atoms with Crippen molar-refractivity contribution in [3.63, 3.8) is 0 Å². The van der Waals surface area contributed by atoms with Gasteiger partial charge in [0.25, 0.3) is 0 Å². The minimum Gasteiger partial charge on any atom is -0.497 e. The Balaban J connectivity index is 2.14. The fourth-order valence-electron chi connectivity index (χ4n) is 2.71. The van der Waals surface area contributed by atoms with Crippen molar-refractivity contribution >= 4 is 0 Å². The minimum absolute atomic E-state index is 0.515. The number of nitrogens with zero attached hydrogens (tertiary/aromatic N) is 1. The lowest BCUT2D eigenvalue weighted by Crippen LogP contribution is -2.05. The van der Waals surface area contributed by atoms with Crippen LogP contribution in [0.4, 0.5) is 13.2 Å². The van der Waals surface area contributed by atoms with E-state index < -0.39 is 11.7 Å². The zero-order valence-electron chi connectivity index (χ0n) is 13.3. The number of aryl methyl sites for hydroxylation is 1. The quantitative estimate of drug-likeness (QED) is 0.620. The molecule has 2 nitrogen and oxygen atoms in total. The highest BCUT2D eigenvalue weighted by Gasteiger charge is 2.30. The lowest BCUT2D eigenvalue weighted by molar-refractivity contribution is -0.137. The van der Waals surface area contributed by atoms with Crippen molar-refractivity contribution in [2.24, 2.45) is 0 Å². The first-order chi connectivity index (χ1) is 11.4. The van der Waals surface area contributed by atoms with Gasteiger partial charge in [-0.3, -0.25) is 0 Å². The van der Waals surface area contributed by atoms with Gasteiger partial charge in [0.1, 0.15) is 5.75 Å². The summed E-state index contributed by atoms with van der Waals surface area (Å²) in [6, 6.07) is 16.5. The van der Waals surface area contributed by atoms with Gasteiger partial charge in [-0.25, -0.2) is 0 Å². The molecule has 2 aromatic carbocycles. The van der Waals surface area contributed by atoms with Gasteiger partial charge in [-0.2, -0.15) is 13.2 Å². The summed E-state index contributed by atoms with van der Waals surface area (Å²) >= 11 is 0. The van der Waals surface area contributed by atoms with Gasteiger partial charge < -0.3 is 9.30 Å². The van der Waals surface area contributed by atoms with Crippen LogP contribution in [0.25, 0.3) is 16.9 Å². The van der Waals surface area contributed by atoms with Gasteiger partial charge in [-0.15, -0.1) is 0 Å². The lowest BCUT2D eigenvalue weighted by atomic mass is 10.1. The van der Waals surface area contributed by atoms with Gasteiger partial charge in [-0.1, -0.05) is 18.2 Å². The van der Waals surface area contributed by atoms with Crippen molar-refractivity contribution in [3.8, 4) is 22.7 Å². The summed E-state index contributed by atoms with van der Waals surface area (Å²) < 4.78 is 46.1. The van der Waals surface area contributed by atoms with Crippen molar-refractivity contribution in [1.29, 1.82) is 0 Å². The zero-order chi connectivity index (χ0) is 17.3. The second kappa shape index (κ2) is 6.07. The van der Waals surface area contributed by atoms with E-state index in [1.54, 1.807) is 13.2 Å². The van der Waals surface area contributed by atoms with Crippen molar-refractivity contribution in [1.82, 2.24) is 4.57 Å². The molecule has 0 unspecified atom stereocenters. The fourth-order valence-corrected chi connectivity index (χ4v) is 2.71. The molecule has 124 valence electrons. The summed E-state index contributed by atoms with van der Waals surface area (Å²) in [4.78, 5) is 0.